The summed E-state index contributed by atoms with van der Waals surface area (Å²) in [6.45, 7) is 1.85. The monoisotopic (exact) mass is 277 g/mol. The molecule has 0 radical (unpaired) electrons. The molecule has 0 saturated heterocycles. The Hall–Kier alpha value is -2.04. The van der Waals surface area contributed by atoms with Gasteiger partial charge in [0, 0.05) is 0 Å². The second-order valence-corrected chi connectivity index (χ2v) is 5.04. The lowest BCUT2D eigenvalue weighted by Gasteiger charge is -2.38. The third kappa shape index (κ3) is 2.92. The molecule has 0 atom stereocenters. The predicted octanol–water partition coefficient (Wildman–Crippen LogP) is 1.75. The fourth-order valence-electron chi connectivity index (χ4n) is 2.31. The fourth-order valence-corrected chi connectivity index (χ4v) is 2.31. The van der Waals surface area contributed by atoms with Gasteiger partial charge in [0.05, 0.1) is 0 Å². The summed E-state index contributed by atoms with van der Waals surface area (Å²) in [5.74, 6) is -0.688. The highest BCUT2D eigenvalue weighted by Crippen LogP contribution is 2.32. The van der Waals surface area contributed by atoms with Gasteiger partial charge in [0.25, 0.3) is 5.91 Å². The SMILES string of the molecule is CCc1ccccc1OCC(=O)NC1(C(=O)O)CCC1. The topological polar surface area (TPSA) is 75.6 Å². The molecule has 1 aliphatic carbocycles. The summed E-state index contributed by atoms with van der Waals surface area (Å²) in [6.07, 6.45) is 2.61. The summed E-state index contributed by atoms with van der Waals surface area (Å²) in [4.78, 5) is 23.0. The highest BCUT2D eigenvalue weighted by molar-refractivity contribution is 5.88. The van der Waals surface area contributed by atoms with Crippen LogP contribution in [0.2, 0.25) is 0 Å². The normalized spacial score (nSPS) is 16.1. The number of carboxylic acids is 1. The van der Waals surface area contributed by atoms with Crippen molar-refractivity contribution in [1.82, 2.24) is 5.32 Å². The van der Waals surface area contributed by atoms with Crippen molar-refractivity contribution in [1.29, 1.82) is 0 Å². The number of nitrogens with one attached hydrogen (secondary N) is 1. The molecule has 1 aromatic carbocycles. The van der Waals surface area contributed by atoms with Crippen LogP contribution in [0.25, 0.3) is 0 Å². The van der Waals surface area contributed by atoms with Crippen LogP contribution >= 0.6 is 0 Å². The molecule has 1 amide bonds. The maximum absolute atomic E-state index is 11.8. The minimum Gasteiger partial charge on any atom is -0.483 e. The predicted molar refractivity (Wildman–Crippen MR) is 73.7 cm³/mol. The number of hydrogen-bond acceptors (Lipinski definition) is 3. The van der Waals surface area contributed by atoms with Crippen molar-refractivity contribution in [2.75, 3.05) is 6.61 Å². The summed E-state index contributed by atoms with van der Waals surface area (Å²) in [6, 6.07) is 7.51. The van der Waals surface area contributed by atoms with E-state index in [1.807, 2.05) is 31.2 Å². The van der Waals surface area contributed by atoms with Gasteiger partial charge in [-0.3, -0.25) is 4.79 Å². The molecule has 0 unspecified atom stereocenters. The van der Waals surface area contributed by atoms with Gasteiger partial charge >= 0.3 is 5.97 Å². The number of carboxylic acid groups (broad SMARTS) is 1. The highest BCUT2D eigenvalue weighted by Gasteiger charge is 2.45. The smallest absolute Gasteiger partial charge is 0.329 e. The zero-order valence-electron chi connectivity index (χ0n) is 11.5. The lowest BCUT2D eigenvalue weighted by Crippen LogP contribution is -2.59. The van der Waals surface area contributed by atoms with Crippen molar-refractivity contribution < 1.29 is 19.4 Å². The quantitative estimate of drug-likeness (QED) is 0.830. The molecule has 1 aromatic rings. The maximum Gasteiger partial charge on any atom is 0.329 e. The van der Waals surface area contributed by atoms with Crippen molar-refractivity contribution in [3.8, 4) is 5.75 Å². The van der Waals surface area contributed by atoms with E-state index in [0.29, 0.717) is 18.6 Å². The van der Waals surface area contributed by atoms with Gasteiger partial charge in [0.2, 0.25) is 0 Å². The van der Waals surface area contributed by atoms with Crippen molar-refractivity contribution in [2.24, 2.45) is 0 Å². The average Bonchev–Trinajstić information content (AvgIpc) is 2.40. The van der Waals surface area contributed by atoms with E-state index in [0.717, 1.165) is 18.4 Å². The molecule has 0 aliphatic heterocycles. The van der Waals surface area contributed by atoms with Gasteiger partial charge in [0.15, 0.2) is 6.61 Å². The fraction of sp³-hybridized carbons (Fsp3) is 0.467. The number of carbonyl (C=O) groups is 2. The Morgan fingerprint density at radius 2 is 2.05 bits per heavy atom. The first-order valence-corrected chi connectivity index (χ1v) is 6.82. The summed E-state index contributed by atoms with van der Waals surface area (Å²) in [7, 11) is 0. The van der Waals surface area contributed by atoms with Crippen LogP contribution in [0, 0.1) is 0 Å². The average molecular weight is 277 g/mol. The molecule has 1 saturated carbocycles. The van der Waals surface area contributed by atoms with E-state index in [9.17, 15) is 9.59 Å². The van der Waals surface area contributed by atoms with Gasteiger partial charge in [-0.1, -0.05) is 25.1 Å². The Bertz CT molecular complexity index is 508. The largest absolute Gasteiger partial charge is 0.483 e. The van der Waals surface area contributed by atoms with Crippen LogP contribution in [-0.2, 0) is 16.0 Å². The molecule has 5 heteroatoms. The van der Waals surface area contributed by atoms with Crippen molar-refractivity contribution >= 4 is 11.9 Å². The number of para-hydroxylation sites is 1. The van der Waals surface area contributed by atoms with Gasteiger partial charge in [-0.15, -0.1) is 0 Å². The second kappa shape index (κ2) is 5.94. The minimum absolute atomic E-state index is 0.161. The molecule has 1 fully saturated rings. The first-order chi connectivity index (χ1) is 9.57. The highest BCUT2D eigenvalue weighted by atomic mass is 16.5. The van der Waals surface area contributed by atoms with E-state index in [2.05, 4.69) is 5.32 Å². The molecule has 2 N–H and O–H groups in total. The molecule has 5 nitrogen and oxygen atoms in total. The number of ether oxygens (including phenoxy) is 1. The minimum atomic E-state index is -1.08. The van der Waals surface area contributed by atoms with E-state index in [1.54, 1.807) is 0 Å². The van der Waals surface area contributed by atoms with Crippen LogP contribution in [0.1, 0.15) is 31.7 Å². The summed E-state index contributed by atoms with van der Waals surface area (Å²) < 4.78 is 5.48. The van der Waals surface area contributed by atoms with Gasteiger partial charge in [-0.2, -0.15) is 0 Å². The Kier molecular flexibility index (Phi) is 4.27. The first-order valence-electron chi connectivity index (χ1n) is 6.82. The summed E-state index contributed by atoms with van der Waals surface area (Å²) in [5.41, 5.74) is -0.0538. The standard InChI is InChI=1S/C15H19NO4/c1-2-11-6-3-4-7-12(11)20-10-13(17)16-15(14(18)19)8-5-9-15/h3-4,6-7H,2,5,8-10H2,1H3,(H,16,17)(H,18,19). The molecular weight excluding hydrogens is 258 g/mol. The Labute approximate surface area is 117 Å². The van der Waals surface area contributed by atoms with E-state index in [-0.39, 0.29) is 6.61 Å². The third-order valence-electron chi connectivity index (χ3n) is 3.71. The van der Waals surface area contributed by atoms with Gasteiger partial charge in [-0.05, 0) is 37.3 Å². The molecule has 2 rings (SSSR count). The molecule has 1 aliphatic rings. The summed E-state index contributed by atoms with van der Waals surface area (Å²) in [5, 5.41) is 11.7. The van der Waals surface area contributed by atoms with Crippen LogP contribution in [-0.4, -0.2) is 29.1 Å². The van der Waals surface area contributed by atoms with Crippen molar-refractivity contribution in [3.63, 3.8) is 0 Å². The van der Waals surface area contributed by atoms with E-state index >= 15 is 0 Å². The van der Waals surface area contributed by atoms with Crippen molar-refractivity contribution in [2.45, 2.75) is 38.1 Å². The van der Waals surface area contributed by atoms with Crippen LogP contribution in [0.5, 0.6) is 5.75 Å². The zero-order chi connectivity index (χ0) is 14.6. The Morgan fingerprint density at radius 3 is 2.60 bits per heavy atom. The second-order valence-electron chi connectivity index (χ2n) is 5.04. The van der Waals surface area contributed by atoms with Gasteiger partial charge in [0.1, 0.15) is 11.3 Å². The number of benzene rings is 1. The van der Waals surface area contributed by atoms with Crippen LogP contribution in [0.15, 0.2) is 24.3 Å². The van der Waals surface area contributed by atoms with E-state index < -0.39 is 17.4 Å². The first kappa shape index (κ1) is 14.4. The van der Waals surface area contributed by atoms with Crippen LogP contribution < -0.4 is 10.1 Å². The molecular formula is C15H19NO4. The third-order valence-corrected chi connectivity index (χ3v) is 3.71. The molecule has 0 heterocycles. The van der Waals surface area contributed by atoms with Crippen molar-refractivity contribution in [3.05, 3.63) is 29.8 Å². The number of amides is 1. The van der Waals surface area contributed by atoms with E-state index in [1.165, 1.54) is 0 Å². The number of hydrogen-bond donors (Lipinski definition) is 2. The lowest BCUT2D eigenvalue weighted by atomic mass is 9.77. The van der Waals surface area contributed by atoms with Gasteiger partial charge < -0.3 is 15.2 Å². The molecule has 20 heavy (non-hydrogen) atoms. The summed E-state index contributed by atoms with van der Waals surface area (Å²) >= 11 is 0. The Balaban J connectivity index is 1.91. The molecule has 108 valence electrons. The molecule has 0 spiro atoms. The Morgan fingerprint density at radius 1 is 1.35 bits per heavy atom. The number of aryl methyl sites for hydroxylation is 1. The number of aliphatic carboxylic acids is 1. The van der Waals surface area contributed by atoms with Gasteiger partial charge in [-0.25, -0.2) is 4.79 Å². The maximum atomic E-state index is 11.8. The molecule has 0 aromatic heterocycles. The van der Waals surface area contributed by atoms with E-state index in [4.69, 9.17) is 9.84 Å². The number of carbonyl (C=O) groups excluding carboxylic acids is 1. The lowest BCUT2D eigenvalue weighted by molar-refractivity contribution is -0.152. The van der Waals surface area contributed by atoms with Crippen LogP contribution in [0.3, 0.4) is 0 Å². The zero-order valence-corrected chi connectivity index (χ0v) is 11.5. The molecule has 0 bridgehead atoms. The number of rotatable bonds is 6. The van der Waals surface area contributed by atoms with Crippen LogP contribution in [0.4, 0.5) is 0 Å².